The van der Waals surface area contributed by atoms with Crippen molar-refractivity contribution in [2.45, 2.75) is 69.1 Å². The summed E-state index contributed by atoms with van der Waals surface area (Å²) < 4.78 is 11.9. The van der Waals surface area contributed by atoms with Gasteiger partial charge in [0.2, 0.25) is 5.88 Å². The van der Waals surface area contributed by atoms with Crippen LogP contribution in [0.15, 0.2) is 6.33 Å². The number of hydrogen-bond acceptors (Lipinski definition) is 9. The molecule has 5 rings (SSSR count). The maximum Gasteiger partial charge on any atom is 0.225 e. The third kappa shape index (κ3) is 4.72. The third-order valence-electron chi connectivity index (χ3n) is 6.79. The minimum Gasteiger partial charge on any atom is -0.474 e. The number of aromatic nitrogens is 2. The summed E-state index contributed by atoms with van der Waals surface area (Å²) in [7, 11) is 0. The lowest BCUT2D eigenvalue weighted by molar-refractivity contribution is -0.00371. The summed E-state index contributed by atoms with van der Waals surface area (Å²) in [6.07, 6.45) is 7.84. The molecule has 0 radical (unpaired) electrons. The molecule has 31 heavy (non-hydrogen) atoms. The highest BCUT2D eigenvalue weighted by molar-refractivity contribution is 7.19. The zero-order chi connectivity index (χ0) is 21.2. The average Bonchev–Trinajstić information content (AvgIpc) is 3.36. The first-order valence-corrected chi connectivity index (χ1v) is 12.3. The van der Waals surface area contributed by atoms with Gasteiger partial charge in [-0.05, 0) is 56.4 Å². The van der Waals surface area contributed by atoms with Gasteiger partial charge < -0.3 is 19.7 Å². The minimum atomic E-state index is -0.686. The highest BCUT2D eigenvalue weighted by Crippen LogP contribution is 2.47. The van der Waals surface area contributed by atoms with Crippen LogP contribution in [0.2, 0.25) is 0 Å². The highest BCUT2D eigenvalue weighted by Gasteiger charge is 2.32. The lowest BCUT2D eigenvalue weighted by Gasteiger charge is -2.35. The predicted molar refractivity (Wildman–Crippen MR) is 118 cm³/mol. The van der Waals surface area contributed by atoms with E-state index in [9.17, 15) is 10.2 Å². The van der Waals surface area contributed by atoms with Crippen molar-refractivity contribution in [2.75, 3.05) is 32.9 Å². The van der Waals surface area contributed by atoms with E-state index in [-0.39, 0.29) is 18.6 Å². The number of aryl methyl sites for hydroxylation is 1. The van der Waals surface area contributed by atoms with Crippen molar-refractivity contribution in [2.24, 2.45) is 0 Å². The molecule has 0 aromatic carbocycles. The van der Waals surface area contributed by atoms with Crippen LogP contribution in [0.5, 0.6) is 5.88 Å². The number of fused-ring (bicyclic) bond motifs is 3. The van der Waals surface area contributed by atoms with Crippen molar-refractivity contribution in [1.29, 1.82) is 0 Å². The SMILES string of the molecule is OCC(O)CC1CCc2sc3ncnc(OC4CCC(NN5CCOCC5)CC4)c3c21. The Labute approximate surface area is 186 Å². The first-order valence-electron chi connectivity index (χ1n) is 11.5. The monoisotopic (exact) mass is 448 g/mol. The van der Waals surface area contributed by atoms with Crippen molar-refractivity contribution in [1.82, 2.24) is 20.4 Å². The number of morpholine rings is 1. The molecule has 1 saturated heterocycles. The molecule has 0 amide bonds. The fourth-order valence-corrected chi connectivity index (χ4v) is 6.42. The number of hydrazine groups is 1. The Bertz CT molecular complexity index is 880. The van der Waals surface area contributed by atoms with Gasteiger partial charge in [-0.15, -0.1) is 11.3 Å². The van der Waals surface area contributed by atoms with Gasteiger partial charge in [0.05, 0.1) is 31.3 Å². The summed E-state index contributed by atoms with van der Waals surface area (Å²) in [5.74, 6) is 0.921. The number of aliphatic hydroxyl groups excluding tert-OH is 2. The Hall–Kier alpha value is -1.36. The third-order valence-corrected chi connectivity index (χ3v) is 7.96. The molecule has 2 aromatic rings. The lowest BCUT2D eigenvalue weighted by Crippen LogP contribution is -2.51. The lowest BCUT2D eigenvalue weighted by atomic mass is 9.93. The molecular weight excluding hydrogens is 416 g/mol. The average molecular weight is 449 g/mol. The molecule has 2 fully saturated rings. The van der Waals surface area contributed by atoms with Crippen LogP contribution in [0, 0.1) is 0 Å². The maximum absolute atomic E-state index is 10.0. The smallest absolute Gasteiger partial charge is 0.225 e. The molecule has 8 nitrogen and oxygen atoms in total. The van der Waals surface area contributed by atoms with E-state index in [4.69, 9.17) is 9.47 Å². The molecular formula is C22H32N4O4S. The Morgan fingerprint density at radius 1 is 1.19 bits per heavy atom. The second-order valence-corrected chi connectivity index (χ2v) is 10.0. The van der Waals surface area contributed by atoms with Gasteiger partial charge in [-0.2, -0.15) is 0 Å². The van der Waals surface area contributed by atoms with E-state index in [1.807, 2.05) is 0 Å². The number of thiophene rings is 1. The number of rotatable bonds is 7. The van der Waals surface area contributed by atoms with E-state index in [0.717, 1.165) is 75.0 Å². The standard InChI is InChI=1S/C22H32N4O4S/c27-12-16(28)11-14-1-6-18-19(14)20-21(23-13-24-22(20)31-18)30-17-4-2-15(3-5-17)25-26-7-9-29-10-8-26/h13-17,25,27-28H,1-12H2. The van der Waals surface area contributed by atoms with Crippen LogP contribution in [-0.4, -0.2) is 76.3 Å². The van der Waals surface area contributed by atoms with Gasteiger partial charge in [-0.1, -0.05) is 0 Å². The van der Waals surface area contributed by atoms with E-state index < -0.39 is 6.10 Å². The molecule has 3 heterocycles. The molecule has 9 heteroatoms. The second kappa shape index (κ2) is 9.64. The second-order valence-electron chi connectivity index (χ2n) is 8.93. The van der Waals surface area contributed by atoms with Crippen molar-refractivity contribution in [3.63, 3.8) is 0 Å². The molecule has 2 atom stereocenters. The fraction of sp³-hybridized carbons (Fsp3) is 0.727. The molecule has 2 aliphatic carbocycles. The normalized spacial score (nSPS) is 28.0. The Kier molecular flexibility index (Phi) is 6.68. The van der Waals surface area contributed by atoms with Crippen molar-refractivity contribution in [3.8, 4) is 5.88 Å². The minimum absolute atomic E-state index is 0.166. The number of nitrogens with zero attached hydrogens (tertiary/aromatic N) is 3. The zero-order valence-electron chi connectivity index (χ0n) is 17.8. The van der Waals surface area contributed by atoms with Gasteiger partial charge in [-0.3, -0.25) is 5.43 Å². The molecule has 2 aromatic heterocycles. The molecule has 2 unspecified atom stereocenters. The first kappa shape index (κ1) is 21.5. The van der Waals surface area contributed by atoms with E-state index >= 15 is 0 Å². The van der Waals surface area contributed by atoms with Crippen molar-refractivity contribution < 1.29 is 19.7 Å². The molecule has 1 saturated carbocycles. The van der Waals surface area contributed by atoms with E-state index in [1.165, 1.54) is 10.4 Å². The molecule has 170 valence electrons. The zero-order valence-corrected chi connectivity index (χ0v) is 18.6. The van der Waals surface area contributed by atoms with Crippen LogP contribution in [0.1, 0.15) is 54.9 Å². The molecule has 3 N–H and O–H groups in total. The van der Waals surface area contributed by atoms with Gasteiger partial charge in [-0.25, -0.2) is 15.0 Å². The van der Waals surface area contributed by atoms with Crippen LogP contribution in [-0.2, 0) is 11.2 Å². The Morgan fingerprint density at radius 3 is 2.77 bits per heavy atom. The molecule has 0 spiro atoms. The number of hydrogen-bond donors (Lipinski definition) is 3. The fourth-order valence-electron chi connectivity index (χ4n) is 5.19. The summed E-state index contributed by atoms with van der Waals surface area (Å²) in [5.41, 5.74) is 4.90. The number of aliphatic hydroxyl groups is 2. The summed E-state index contributed by atoms with van der Waals surface area (Å²) >= 11 is 1.72. The highest BCUT2D eigenvalue weighted by atomic mass is 32.1. The molecule has 1 aliphatic heterocycles. The van der Waals surface area contributed by atoms with Gasteiger partial charge >= 0.3 is 0 Å². The van der Waals surface area contributed by atoms with Crippen LogP contribution in [0.4, 0.5) is 0 Å². The quantitative estimate of drug-likeness (QED) is 0.591. The number of ether oxygens (including phenoxy) is 2. The summed E-state index contributed by atoms with van der Waals surface area (Å²) in [5, 5.41) is 22.6. The first-order chi connectivity index (χ1) is 15.2. The summed E-state index contributed by atoms with van der Waals surface area (Å²) in [6, 6.07) is 0.498. The van der Waals surface area contributed by atoms with Crippen molar-refractivity contribution >= 4 is 21.6 Å². The Morgan fingerprint density at radius 2 is 2.00 bits per heavy atom. The van der Waals surface area contributed by atoms with Crippen LogP contribution >= 0.6 is 11.3 Å². The van der Waals surface area contributed by atoms with Gasteiger partial charge in [0.25, 0.3) is 0 Å². The summed E-state index contributed by atoms with van der Waals surface area (Å²) in [6.45, 7) is 3.30. The van der Waals surface area contributed by atoms with Gasteiger partial charge in [0.1, 0.15) is 17.3 Å². The Balaban J connectivity index is 1.26. The summed E-state index contributed by atoms with van der Waals surface area (Å²) in [4.78, 5) is 11.3. The van der Waals surface area contributed by atoms with E-state index in [0.29, 0.717) is 18.3 Å². The maximum atomic E-state index is 10.0. The predicted octanol–water partition coefficient (Wildman–Crippen LogP) is 1.99. The topological polar surface area (TPSA) is 100.0 Å². The number of nitrogens with one attached hydrogen (secondary N) is 1. The largest absolute Gasteiger partial charge is 0.474 e. The van der Waals surface area contributed by atoms with E-state index in [2.05, 4.69) is 20.4 Å². The van der Waals surface area contributed by atoms with E-state index in [1.54, 1.807) is 17.7 Å². The molecule has 0 bridgehead atoms. The van der Waals surface area contributed by atoms with Gasteiger partial charge in [0, 0.05) is 24.0 Å². The van der Waals surface area contributed by atoms with Crippen molar-refractivity contribution in [3.05, 3.63) is 16.8 Å². The van der Waals surface area contributed by atoms with Crippen LogP contribution in [0.25, 0.3) is 10.2 Å². The van der Waals surface area contributed by atoms with Gasteiger partial charge in [0.15, 0.2) is 0 Å². The van der Waals surface area contributed by atoms with Crippen LogP contribution < -0.4 is 10.2 Å². The molecule has 3 aliphatic rings. The van der Waals surface area contributed by atoms with Crippen LogP contribution in [0.3, 0.4) is 0 Å².